The van der Waals surface area contributed by atoms with E-state index in [-0.39, 0.29) is 27.9 Å². The number of carbonyl (C=O) groups is 1. The maximum atomic E-state index is 13.2. The molecule has 5 rings (SSSR count). The van der Waals surface area contributed by atoms with Gasteiger partial charge in [0, 0.05) is 0 Å². The molecule has 2 unspecified atom stereocenters. The standard InChI is InChI=1S/C29H28AsN9O3S/c1-16-10-20(12-21(11-16)29(40)34-14-19-4-6-22(7-5-19)43(33,41)42)24-25-17(2)8-9-39(25)38-28(37-24)18(3)30-26-23(13-31)27(32)36-15-35-26/h4-12,15,18,30H,14H2,1-3H3,(H,34,40)(H2,32,35,36)(H2,33,41,42). The summed E-state index contributed by atoms with van der Waals surface area (Å²) in [6.07, 6.45) is 3.24. The minimum absolute atomic E-state index is 0.00510. The molecule has 0 saturated heterocycles. The fraction of sp³-hybridized carbons (Fsp3) is 0.172. The summed E-state index contributed by atoms with van der Waals surface area (Å²) < 4.78 is 25.4. The van der Waals surface area contributed by atoms with Crippen molar-refractivity contribution in [3.63, 3.8) is 0 Å². The molecule has 14 heteroatoms. The molecule has 5 N–H and O–H groups in total. The van der Waals surface area contributed by atoms with E-state index in [0.717, 1.165) is 27.8 Å². The van der Waals surface area contributed by atoms with E-state index in [1.807, 2.05) is 39.1 Å². The third-order valence-corrected chi connectivity index (χ3v) is 10.5. The number of aryl methyl sites for hydroxylation is 2. The molecule has 3 heterocycles. The number of aromatic nitrogens is 5. The summed E-state index contributed by atoms with van der Waals surface area (Å²) in [5.74, 6) is 0.463. The summed E-state index contributed by atoms with van der Waals surface area (Å²) in [4.78, 5) is 26.5. The number of nitrogens with two attached hydrogens (primary N) is 2. The Morgan fingerprint density at radius 2 is 1.88 bits per heavy atom. The average Bonchev–Trinajstić information content (AvgIpc) is 3.35. The van der Waals surface area contributed by atoms with Crippen LogP contribution in [0.4, 0.5) is 5.82 Å². The molecule has 0 bridgehead atoms. The van der Waals surface area contributed by atoms with Gasteiger partial charge in [0.05, 0.1) is 4.90 Å². The van der Waals surface area contributed by atoms with E-state index < -0.39 is 25.8 Å². The Morgan fingerprint density at radius 1 is 1.14 bits per heavy atom. The van der Waals surface area contributed by atoms with Gasteiger partial charge in [-0.15, -0.1) is 0 Å². The number of hydrogen-bond donors (Lipinski definition) is 3. The first-order valence-electron chi connectivity index (χ1n) is 13.1. The van der Waals surface area contributed by atoms with Crippen LogP contribution in [0.25, 0.3) is 16.8 Å². The van der Waals surface area contributed by atoms with Gasteiger partial charge in [-0.3, -0.25) is 0 Å². The van der Waals surface area contributed by atoms with Crippen molar-refractivity contribution in [1.82, 2.24) is 29.9 Å². The SMILES string of the molecule is Cc1cc(C(=O)NCc2ccc(S(N)(=O)=O)cc2)cc(-c2nc(C(C)[AsH]c3ncnc(N)c3C#N)nn3ccc(C)c23)c1. The molecule has 0 radical (unpaired) electrons. The van der Waals surface area contributed by atoms with Gasteiger partial charge >= 0.3 is 215 Å². The zero-order valence-electron chi connectivity index (χ0n) is 23.5. The van der Waals surface area contributed by atoms with Crippen LogP contribution in [-0.2, 0) is 16.6 Å². The Labute approximate surface area is 254 Å². The Hall–Kier alpha value is -4.63. The van der Waals surface area contributed by atoms with Crippen molar-refractivity contribution < 1.29 is 13.2 Å². The van der Waals surface area contributed by atoms with Crippen molar-refractivity contribution in [1.29, 1.82) is 5.26 Å². The number of sulfonamides is 1. The number of nitrogens with zero attached hydrogens (tertiary/aromatic N) is 6. The van der Waals surface area contributed by atoms with Gasteiger partial charge in [0.1, 0.15) is 0 Å². The Bertz CT molecular complexity index is 2020. The third-order valence-electron chi connectivity index (χ3n) is 6.78. The van der Waals surface area contributed by atoms with E-state index in [1.165, 1.54) is 18.5 Å². The zero-order valence-corrected chi connectivity index (χ0v) is 26.4. The summed E-state index contributed by atoms with van der Waals surface area (Å²) in [7, 11) is -3.79. The number of primary sulfonamides is 1. The molecule has 0 aliphatic heterocycles. The van der Waals surface area contributed by atoms with E-state index >= 15 is 0 Å². The fourth-order valence-electron chi connectivity index (χ4n) is 4.60. The molecule has 0 fully saturated rings. The second-order valence-electron chi connectivity index (χ2n) is 10.0. The monoisotopic (exact) mass is 657 g/mol. The van der Waals surface area contributed by atoms with Crippen LogP contribution >= 0.6 is 0 Å². The number of hydrogen-bond acceptors (Lipinski definition) is 9. The fourth-order valence-corrected chi connectivity index (χ4v) is 7.47. The number of rotatable bonds is 8. The van der Waals surface area contributed by atoms with Crippen LogP contribution in [0.5, 0.6) is 0 Å². The quantitative estimate of drug-likeness (QED) is 0.208. The Kier molecular flexibility index (Phi) is 8.28. The van der Waals surface area contributed by atoms with Crippen LogP contribution in [-0.4, -0.2) is 54.6 Å². The summed E-state index contributed by atoms with van der Waals surface area (Å²) in [5, 5.41) is 22.4. The van der Waals surface area contributed by atoms with Crippen LogP contribution in [0.15, 0.2) is 66.0 Å². The topological polar surface area (TPSA) is 195 Å². The maximum absolute atomic E-state index is 13.2. The van der Waals surface area contributed by atoms with Crippen LogP contribution in [0.2, 0.25) is 0 Å². The van der Waals surface area contributed by atoms with Crippen LogP contribution < -0.4 is 20.7 Å². The van der Waals surface area contributed by atoms with Gasteiger partial charge in [0.15, 0.2) is 0 Å². The number of anilines is 1. The number of nitrogen functional groups attached to an aromatic ring is 1. The summed E-state index contributed by atoms with van der Waals surface area (Å²) in [6, 6.07) is 15.7. The molecule has 2 atom stereocenters. The van der Waals surface area contributed by atoms with Crippen molar-refractivity contribution in [2.24, 2.45) is 5.14 Å². The number of fused-ring (bicyclic) bond motifs is 1. The van der Waals surface area contributed by atoms with Crippen LogP contribution in [0, 0.1) is 25.2 Å². The van der Waals surface area contributed by atoms with Crippen molar-refractivity contribution >= 4 is 47.5 Å². The number of carbonyl (C=O) groups excluding carboxylic acids is 1. The summed E-state index contributed by atoms with van der Waals surface area (Å²) in [6.45, 7) is 6.10. The predicted molar refractivity (Wildman–Crippen MR) is 163 cm³/mol. The molecule has 0 aliphatic rings. The number of nitriles is 1. The molecule has 0 spiro atoms. The van der Waals surface area contributed by atoms with Crippen molar-refractivity contribution in [3.05, 3.63) is 94.7 Å². The van der Waals surface area contributed by atoms with Gasteiger partial charge < -0.3 is 0 Å². The molecule has 43 heavy (non-hydrogen) atoms. The normalized spacial score (nSPS) is 12.4. The average molecular weight is 658 g/mol. The second-order valence-corrected chi connectivity index (χ2v) is 15.0. The number of benzene rings is 2. The Balaban J connectivity index is 1.46. The van der Waals surface area contributed by atoms with Crippen molar-refractivity contribution in [2.45, 2.75) is 36.9 Å². The van der Waals surface area contributed by atoms with Crippen LogP contribution in [0.1, 0.15) is 50.1 Å². The number of nitrogens with one attached hydrogen (secondary N) is 1. The first-order valence-corrected chi connectivity index (χ1v) is 16.9. The Morgan fingerprint density at radius 3 is 2.58 bits per heavy atom. The molecule has 1 amide bonds. The van der Waals surface area contributed by atoms with Gasteiger partial charge in [0.2, 0.25) is 10.0 Å². The number of amides is 1. The van der Waals surface area contributed by atoms with Gasteiger partial charge in [-0.05, 0) is 12.1 Å². The molecular weight excluding hydrogens is 629 g/mol. The van der Waals surface area contributed by atoms with Gasteiger partial charge in [-0.1, -0.05) is 0 Å². The molecule has 218 valence electrons. The zero-order chi connectivity index (χ0) is 30.9. The molecular formula is C29H28AsN9O3S. The summed E-state index contributed by atoms with van der Waals surface area (Å²) >= 11 is -1.02. The molecule has 0 aliphatic carbocycles. The second kappa shape index (κ2) is 11.9. The van der Waals surface area contributed by atoms with Crippen LogP contribution in [0.3, 0.4) is 0 Å². The molecule has 2 aromatic carbocycles. The van der Waals surface area contributed by atoms with E-state index in [1.54, 1.807) is 28.8 Å². The minimum atomic E-state index is -3.79. The molecule has 0 saturated carbocycles. The first kappa shape index (κ1) is 29.8. The van der Waals surface area contributed by atoms with E-state index in [9.17, 15) is 18.5 Å². The first-order chi connectivity index (χ1) is 20.4. The van der Waals surface area contributed by atoms with Crippen molar-refractivity contribution in [2.75, 3.05) is 5.73 Å². The molecule has 5 aromatic rings. The van der Waals surface area contributed by atoms with E-state index in [4.69, 9.17) is 21.0 Å². The van der Waals surface area contributed by atoms with Gasteiger partial charge in [-0.2, -0.15) is 0 Å². The summed E-state index contributed by atoms with van der Waals surface area (Å²) in [5.41, 5.74) is 11.5. The third kappa shape index (κ3) is 6.41. The van der Waals surface area contributed by atoms with E-state index in [0.29, 0.717) is 27.1 Å². The predicted octanol–water partition coefficient (Wildman–Crippen LogP) is 1.66. The van der Waals surface area contributed by atoms with Crippen molar-refractivity contribution in [3.8, 4) is 17.3 Å². The van der Waals surface area contributed by atoms with Gasteiger partial charge in [-0.25, -0.2) is 13.6 Å². The van der Waals surface area contributed by atoms with Gasteiger partial charge in [0.25, 0.3) is 0 Å². The van der Waals surface area contributed by atoms with E-state index in [2.05, 4.69) is 21.4 Å². The molecule has 3 aromatic heterocycles. The molecule has 12 nitrogen and oxygen atoms in total.